The Kier molecular flexibility index (Phi) is 2.15. The summed E-state index contributed by atoms with van der Waals surface area (Å²) in [6.07, 6.45) is 8.53. The number of rotatable bonds is 1. The van der Waals surface area contributed by atoms with E-state index in [1.807, 2.05) is 0 Å². The van der Waals surface area contributed by atoms with Crippen LogP contribution in [-0.4, -0.2) is 24.6 Å². The summed E-state index contributed by atoms with van der Waals surface area (Å²) in [6, 6.07) is 1.23. The van der Waals surface area contributed by atoms with Crippen molar-refractivity contribution < 1.29 is 0 Å². The fraction of sp³-hybridized carbons (Fsp3) is 0.917. The quantitative estimate of drug-likeness (QED) is 0.686. The molecule has 2 fully saturated rings. The minimum atomic E-state index is 0.520. The normalized spacial score (nSPS) is 37.3. The van der Waals surface area contributed by atoms with Crippen LogP contribution in [0.4, 0.5) is 0 Å². The Morgan fingerprint density at radius 1 is 1.33 bits per heavy atom. The lowest BCUT2D eigenvalue weighted by Crippen LogP contribution is -2.56. The van der Waals surface area contributed by atoms with Crippen molar-refractivity contribution in [1.29, 1.82) is 0 Å². The molecule has 2 N–H and O–H groups in total. The van der Waals surface area contributed by atoms with Gasteiger partial charge in [-0.1, -0.05) is 12.8 Å². The Balaban J connectivity index is 1.60. The topological polar surface area (TPSA) is 36.4 Å². The first-order valence-electron chi connectivity index (χ1n) is 6.36. The van der Waals surface area contributed by atoms with E-state index in [9.17, 15) is 0 Å². The molecule has 0 bridgehead atoms. The van der Waals surface area contributed by atoms with Gasteiger partial charge in [-0.05, 0) is 38.0 Å². The Morgan fingerprint density at radius 2 is 2.13 bits per heavy atom. The molecule has 0 amide bonds. The van der Waals surface area contributed by atoms with Gasteiger partial charge in [0.1, 0.15) is 0 Å². The van der Waals surface area contributed by atoms with E-state index < -0.39 is 0 Å². The second kappa shape index (κ2) is 3.39. The van der Waals surface area contributed by atoms with E-state index in [0.29, 0.717) is 17.5 Å². The first-order chi connectivity index (χ1) is 7.28. The van der Waals surface area contributed by atoms with Crippen LogP contribution in [0.5, 0.6) is 0 Å². The fourth-order valence-corrected chi connectivity index (χ4v) is 3.41. The largest absolute Gasteiger partial charge is 0.353 e. The highest BCUT2D eigenvalue weighted by molar-refractivity contribution is 5.82. The molecule has 3 aliphatic rings. The molecule has 0 aromatic heterocycles. The van der Waals surface area contributed by atoms with Crippen molar-refractivity contribution in [2.24, 2.45) is 10.4 Å². The number of hydrogen-bond donors (Lipinski definition) is 2. The lowest BCUT2D eigenvalue weighted by atomic mass is 9.63. The summed E-state index contributed by atoms with van der Waals surface area (Å²) in [5, 5.41) is 7.02. The minimum Gasteiger partial charge on any atom is -0.353 e. The zero-order valence-electron chi connectivity index (χ0n) is 9.55. The van der Waals surface area contributed by atoms with Crippen LogP contribution >= 0.6 is 0 Å². The minimum absolute atomic E-state index is 0.520. The van der Waals surface area contributed by atoms with E-state index in [1.54, 1.807) is 0 Å². The summed E-state index contributed by atoms with van der Waals surface area (Å²) in [7, 11) is 0. The maximum atomic E-state index is 4.49. The molecule has 1 spiro atoms. The SMILES string of the molecule is CC1CN=C(NC2CCC23CCCC3)N1. The van der Waals surface area contributed by atoms with Crippen molar-refractivity contribution >= 4 is 5.96 Å². The summed E-state index contributed by atoms with van der Waals surface area (Å²) in [4.78, 5) is 4.49. The molecule has 84 valence electrons. The Labute approximate surface area is 91.7 Å². The third-order valence-corrected chi connectivity index (χ3v) is 4.49. The van der Waals surface area contributed by atoms with Gasteiger partial charge in [0.05, 0.1) is 6.54 Å². The summed E-state index contributed by atoms with van der Waals surface area (Å²) >= 11 is 0. The second-order valence-corrected chi connectivity index (χ2v) is 5.54. The molecule has 3 heteroatoms. The van der Waals surface area contributed by atoms with Gasteiger partial charge in [-0.25, -0.2) is 0 Å². The van der Waals surface area contributed by atoms with Crippen LogP contribution < -0.4 is 10.6 Å². The van der Waals surface area contributed by atoms with Gasteiger partial charge in [0.2, 0.25) is 0 Å². The smallest absolute Gasteiger partial charge is 0.191 e. The zero-order chi connectivity index (χ0) is 10.3. The van der Waals surface area contributed by atoms with Crippen LogP contribution in [0.1, 0.15) is 45.4 Å². The average Bonchev–Trinajstić information content (AvgIpc) is 2.82. The molecule has 2 aliphatic carbocycles. The molecule has 15 heavy (non-hydrogen) atoms. The molecular weight excluding hydrogens is 186 g/mol. The third-order valence-electron chi connectivity index (χ3n) is 4.49. The van der Waals surface area contributed by atoms with Crippen molar-refractivity contribution in [2.45, 2.75) is 57.5 Å². The summed E-state index contributed by atoms with van der Waals surface area (Å²) in [5.41, 5.74) is 0.649. The molecule has 2 atom stereocenters. The molecular formula is C12H21N3. The third kappa shape index (κ3) is 1.52. The van der Waals surface area contributed by atoms with E-state index in [-0.39, 0.29) is 0 Å². The van der Waals surface area contributed by atoms with Gasteiger partial charge in [-0.2, -0.15) is 0 Å². The summed E-state index contributed by atoms with van der Waals surface area (Å²) in [6.45, 7) is 3.12. The highest BCUT2D eigenvalue weighted by atomic mass is 15.2. The molecule has 1 heterocycles. The van der Waals surface area contributed by atoms with E-state index in [1.165, 1.54) is 38.5 Å². The lowest BCUT2D eigenvalue weighted by molar-refractivity contribution is 0.0869. The molecule has 3 nitrogen and oxygen atoms in total. The molecule has 0 radical (unpaired) electrons. The van der Waals surface area contributed by atoms with Crippen molar-refractivity contribution in [3.63, 3.8) is 0 Å². The summed E-state index contributed by atoms with van der Waals surface area (Å²) < 4.78 is 0. The first-order valence-corrected chi connectivity index (χ1v) is 6.36. The van der Waals surface area contributed by atoms with Crippen molar-refractivity contribution in [2.75, 3.05) is 6.54 Å². The van der Waals surface area contributed by atoms with Crippen LogP contribution in [0.2, 0.25) is 0 Å². The highest BCUT2D eigenvalue weighted by Crippen LogP contribution is 2.53. The van der Waals surface area contributed by atoms with Gasteiger partial charge in [-0.15, -0.1) is 0 Å². The molecule has 3 rings (SSSR count). The van der Waals surface area contributed by atoms with Gasteiger partial charge in [0.15, 0.2) is 5.96 Å². The van der Waals surface area contributed by atoms with Crippen LogP contribution in [0.15, 0.2) is 4.99 Å². The van der Waals surface area contributed by atoms with Crippen molar-refractivity contribution in [3.8, 4) is 0 Å². The van der Waals surface area contributed by atoms with E-state index in [4.69, 9.17) is 0 Å². The molecule has 1 aliphatic heterocycles. The summed E-state index contributed by atoms with van der Waals surface area (Å²) in [5.74, 6) is 1.05. The highest BCUT2D eigenvalue weighted by Gasteiger charge is 2.48. The number of hydrogen-bond acceptors (Lipinski definition) is 3. The Bertz CT molecular complexity index is 279. The van der Waals surface area contributed by atoms with Gasteiger partial charge < -0.3 is 10.6 Å². The molecule has 0 aromatic rings. The predicted molar refractivity (Wildman–Crippen MR) is 62.0 cm³/mol. The van der Waals surface area contributed by atoms with E-state index >= 15 is 0 Å². The molecule has 2 saturated carbocycles. The average molecular weight is 207 g/mol. The number of aliphatic imine (C=N–C) groups is 1. The fourth-order valence-electron chi connectivity index (χ4n) is 3.41. The van der Waals surface area contributed by atoms with Gasteiger partial charge in [0, 0.05) is 12.1 Å². The Hall–Kier alpha value is -0.730. The van der Waals surface area contributed by atoms with Crippen LogP contribution in [0.3, 0.4) is 0 Å². The van der Waals surface area contributed by atoms with Crippen molar-refractivity contribution in [3.05, 3.63) is 0 Å². The van der Waals surface area contributed by atoms with Crippen molar-refractivity contribution in [1.82, 2.24) is 10.6 Å². The monoisotopic (exact) mass is 207 g/mol. The number of guanidine groups is 1. The van der Waals surface area contributed by atoms with Gasteiger partial charge in [-0.3, -0.25) is 4.99 Å². The second-order valence-electron chi connectivity index (χ2n) is 5.54. The van der Waals surface area contributed by atoms with Gasteiger partial charge in [0.25, 0.3) is 0 Å². The molecule has 2 unspecified atom stereocenters. The Morgan fingerprint density at radius 3 is 2.67 bits per heavy atom. The number of nitrogens with one attached hydrogen (secondary N) is 2. The maximum absolute atomic E-state index is 4.49. The standard InChI is InChI=1S/C12H21N3/c1-9-8-13-11(14-9)15-10-4-7-12(10)5-2-3-6-12/h9-10H,2-8H2,1H3,(H2,13,14,15). The molecule has 0 aromatic carbocycles. The molecule has 0 saturated heterocycles. The van der Waals surface area contributed by atoms with Crippen LogP contribution in [0, 0.1) is 5.41 Å². The number of nitrogens with zero attached hydrogens (tertiary/aromatic N) is 1. The zero-order valence-corrected chi connectivity index (χ0v) is 9.55. The maximum Gasteiger partial charge on any atom is 0.191 e. The van der Waals surface area contributed by atoms with Crippen LogP contribution in [-0.2, 0) is 0 Å². The predicted octanol–water partition coefficient (Wildman–Crippen LogP) is 1.65. The first kappa shape index (κ1) is 9.49. The van der Waals surface area contributed by atoms with E-state index in [2.05, 4.69) is 22.5 Å². The van der Waals surface area contributed by atoms with Gasteiger partial charge >= 0.3 is 0 Å². The van der Waals surface area contributed by atoms with E-state index in [0.717, 1.165) is 12.5 Å². The van der Waals surface area contributed by atoms with Crippen LogP contribution in [0.25, 0.3) is 0 Å². The lowest BCUT2D eigenvalue weighted by Gasteiger charge is -2.48.